The Labute approximate surface area is 193 Å². The maximum atomic E-state index is 14.2. The normalized spacial score (nSPS) is 15.5. The van der Waals surface area contributed by atoms with E-state index in [0.717, 1.165) is 18.8 Å². The molecule has 1 aliphatic rings. The monoisotopic (exact) mass is 451 g/mol. The number of aryl methyl sites for hydroxylation is 1. The minimum absolute atomic E-state index is 0.0640. The molecule has 1 saturated heterocycles. The highest BCUT2D eigenvalue weighted by Gasteiger charge is 2.31. The van der Waals surface area contributed by atoms with Crippen molar-refractivity contribution in [2.24, 2.45) is 0 Å². The van der Waals surface area contributed by atoms with Gasteiger partial charge in [-0.2, -0.15) is 0 Å². The fourth-order valence-corrected chi connectivity index (χ4v) is 4.60. The second kappa shape index (κ2) is 10.2. The summed E-state index contributed by atoms with van der Waals surface area (Å²) in [5.41, 5.74) is 2.46. The Morgan fingerprint density at radius 1 is 1.03 bits per heavy atom. The second-order valence-corrected chi connectivity index (χ2v) is 8.35. The Morgan fingerprint density at radius 3 is 2.42 bits per heavy atom. The summed E-state index contributed by atoms with van der Waals surface area (Å²) in [6.45, 7) is 5.41. The van der Waals surface area contributed by atoms with Gasteiger partial charge in [0.05, 0.1) is 18.2 Å². The molecule has 33 heavy (non-hydrogen) atoms. The number of hydrogen-bond donors (Lipinski definition) is 1. The Balaban J connectivity index is 1.73. The SMILES string of the molecule is COCCn1c(C)cc(O)c(C(c2cccc(F)c2)N2CCN(c3ccccc3)CC2)c1=O. The van der Waals surface area contributed by atoms with E-state index in [-0.39, 0.29) is 22.7 Å². The lowest BCUT2D eigenvalue weighted by Gasteiger charge is -2.40. The number of hydrogen-bond acceptors (Lipinski definition) is 5. The van der Waals surface area contributed by atoms with Gasteiger partial charge in [-0.1, -0.05) is 30.3 Å². The highest BCUT2D eigenvalue weighted by molar-refractivity contribution is 5.47. The Bertz CT molecular complexity index is 1140. The van der Waals surface area contributed by atoms with Crippen molar-refractivity contribution < 1.29 is 14.2 Å². The molecule has 1 fully saturated rings. The van der Waals surface area contributed by atoms with Crippen molar-refractivity contribution in [3.8, 4) is 5.75 Å². The summed E-state index contributed by atoms with van der Waals surface area (Å²) < 4.78 is 21.0. The molecule has 0 saturated carbocycles. The molecule has 0 spiro atoms. The number of piperazine rings is 1. The largest absolute Gasteiger partial charge is 0.507 e. The lowest BCUT2D eigenvalue weighted by molar-refractivity contribution is 0.183. The number of aromatic nitrogens is 1. The van der Waals surface area contributed by atoms with Crippen LogP contribution in [0.3, 0.4) is 0 Å². The molecule has 1 aliphatic heterocycles. The number of para-hydroxylation sites is 1. The number of anilines is 1. The highest BCUT2D eigenvalue weighted by Crippen LogP contribution is 2.34. The van der Waals surface area contributed by atoms with Crippen molar-refractivity contribution in [3.05, 3.63) is 93.7 Å². The predicted octanol–water partition coefficient (Wildman–Crippen LogP) is 3.56. The zero-order chi connectivity index (χ0) is 23.4. The molecule has 0 radical (unpaired) electrons. The average Bonchev–Trinajstić information content (AvgIpc) is 2.82. The molecule has 0 amide bonds. The summed E-state index contributed by atoms with van der Waals surface area (Å²) in [7, 11) is 1.59. The van der Waals surface area contributed by atoms with Crippen molar-refractivity contribution >= 4 is 5.69 Å². The number of ether oxygens (including phenoxy) is 1. The fraction of sp³-hybridized carbons (Fsp3) is 0.346. The van der Waals surface area contributed by atoms with Crippen LogP contribution >= 0.6 is 0 Å². The molecule has 174 valence electrons. The first kappa shape index (κ1) is 23.0. The summed E-state index contributed by atoms with van der Waals surface area (Å²) in [5.74, 6) is -0.433. The van der Waals surface area contributed by atoms with Gasteiger partial charge in [-0.25, -0.2) is 4.39 Å². The fourth-order valence-electron chi connectivity index (χ4n) is 4.60. The zero-order valence-corrected chi connectivity index (χ0v) is 19.1. The minimum atomic E-state index is -0.555. The zero-order valence-electron chi connectivity index (χ0n) is 19.1. The number of methoxy groups -OCH3 is 1. The van der Waals surface area contributed by atoms with Crippen LogP contribution in [0.4, 0.5) is 10.1 Å². The van der Waals surface area contributed by atoms with Crippen LogP contribution in [0, 0.1) is 12.7 Å². The Kier molecular flexibility index (Phi) is 7.11. The van der Waals surface area contributed by atoms with Gasteiger partial charge < -0.3 is 19.3 Å². The van der Waals surface area contributed by atoms with Gasteiger partial charge in [-0.15, -0.1) is 0 Å². The van der Waals surface area contributed by atoms with Crippen LogP contribution in [0.2, 0.25) is 0 Å². The van der Waals surface area contributed by atoms with E-state index in [1.807, 2.05) is 24.3 Å². The van der Waals surface area contributed by atoms with E-state index in [4.69, 9.17) is 4.74 Å². The van der Waals surface area contributed by atoms with E-state index in [9.17, 15) is 14.3 Å². The third kappa shape index (κ3) is 4.94. The minimum Gasteiger partial charge on any atom is -0.507 e. The van der Waals surface area contributed by atoms with E-state index in [1.165, 1.54) is 12.1 Å². The molecule has 0 aliphatic carbocycles. The van der Waals surface area contributed by atoms with Crippen molar-refractivity contribution in [2.75, 3.05) is 44.8 Å². The van der Waals surface area contributed by atoms with Crippen LogP contribution in [0.1, 0.15) is 22.9 Å². The summed E-state index contributed by atoms with van der Waals surface area (Å²) in [6.07, 6.45) is 0. The molecule has 7 heteroatoms. The summed E-state index contributed by atoms with van der Waals surface area (Å²) in [4.78, 5) is 18.0. The van der Waals surface area contributed by atoms with Crippen LogP contribution < -0.4 is 10.5 Å². The topological polar surface area (TPSA) is 57.9 Å². The highest BCUT2D eigenvalue weighted by atomic mass is 19.1. The molecule has 6 nitrogen and oxygen atoms in total. The van der Waals surface area contributed by atoms with Crippen LogP contribution in [-0.4, -0.2) is 54.5 Å². The van der Waals surface area contributed by atoms with E-state index < -0.39 is 6.04 Å². The number of pyridine rings is 1. The summed E-state index contributed by atoms with van der Waals surface area (Å²) in [6, 6.07) is 17.6. The molecule has 0 bridgehead atoms. The smallest absolute Gasteiger partial charge is 0.259 e. The molecule has 4 rings (SSSR count). The second-order valence-electron chi connectivity index (χ2n) is 8.35. The van der Waals surface area contributed by atoms with Gasteiger partial charge in [-0.3, -0.25) is 9.69 Å². The Morgan fingerprint density at radius 2 is 1.76 bits per heavy atom. The Hall–Kier alpha value is -3.16. The van der Waals surface area contributed by atoms with Gasteiger partial charge in [0.2, 0.25) is 0 Å². The third-order valence-electron chi connectivity index (χ3n) is 6.28. The van der Waals surface area contributed by atoms with Crippen molar-refractivity contribution in [3.63, 3.8) is 0 Å². The lowest BCUT2D eigenvalue weighted by atomic mass is 9.95. The number of benzene rings is 2. The van der Waals surface area contributed by atoms with Crippen LogP contribution in [0.5, 0.6) is 5.75 Å². The average molecular weight is 452 g/mol. The van der Waals surface area contributed by atoms with Crippen molar-refractivity contribution in [1.82, 2.24) is 9.47 Å². The molecule has 1 unspecified atom stereocenters. The van der Waals surface area contributed by atoms with Crippen molar-refractivity contribution in [1.29, 1.82) is 0 Å². The molecule has 3 aromatic rings. The van der Waals surface area contributed by atoms with E-state index in [1.54, 1.807) is 30.7 Å². The van der Waals surface area contributed by atoms with Gasteiger partial charge in [-0.05, 0) is 42.8 Å². The van der Waals surface area contributed by atoms with Gasteiger partial charge in [0.1, 0.15) is 11.6 Å². The van der Waals surface area contributed by atoms with Crippen LogP contribution in [-0.2, 0) is 11.3 Å². The number of aromatic hydroxyl groups is 1. The first-order valence-electron chi connectivity index (χ1n) is 11.2. The van der Waals surface area contributed by atoms with Gasteiger partial charge in [0.25, 0.3) is 5.56 Å². The maximum absolute atomic E-state index is 14.2. The van der Waals surface area contributed by atoms with E-state index >= 15 is 0 Å². The number of nitrogens with zero attached hydrogens (tertiary/aromatic N) is 3. The predicted molar refractivity (Wildman–Crippen MR) is 127 cm³/mol. The molecule has 2 heterocycles. The van der Waals surface area contributed by atoms with Gasteiger partial charge in [0.15, 0.2) is 0 Å². The third-order valence-corrected chi connectivity index (χ3v) is 6.28. The first-order chi connectivity index (χ1) is 16.0. The molecule has 2 aromatic carbocycles. The molecule has 1 N–H and O–H groups in total. The quantitative estimate of drug-likeness (QED) is 0.595. The molecular formula is C26H30FN3O3. The van der Waals surface area contributed by atoms with Gasteiger partial charge >= 0.3 is 0 Å². The molecular weight excluding hydrogens is 421 g/mol. The summed E-state index contributed by atoms with van der Waals surface area (Å²) in [5, 5.41) is 10.9. The number of rotatable bonds is 7. The van der Waals surface area contributed by atoms with E-state index in [2.05, 4.69) is 21.9 Å². The lowest BCUT2D eigenvalue weighted by Crippen LogP contribution is -2.49. The maximum Gasteiger partial charge on any atom is 0.259 e. The first-order valence-corrected chi connectivity index (χ1v) is 11.2. The van der Waals surface area contributed by atoms with E-state index in [0.29, 0.717) is 37.5 Å². The van der Waals surface area contributed by atoms with Crippen molar-refractivity contribution in [2.45, 2.75) is 19.5 Å². The van der Waals surface area contributed by atoms with Crippen LogP contribution in [0.25, 0.3) is 0 Å². The molecule has 1 atom stereocenters. The standard InChI is InChI=1S/C26H30FN3O3/c1-19-17-23(31)24(26(32)30(19)15-16-33-2)25(20-7-6-8-21(27)18-20)29-13-11-28(12-14-29)22-9-4-3-5-10-22/h3-10,17-18,25,31H,11-16H2,1-2H3. The summed E-state index contributed by atoms with van der Waals surface area (Å²) >= 11 is 0. The molecule has 1 aromatic heterocycles. The van der Waals surface area contributed by atoms with Gasteiger partial charge in [0, 0.05) is 51.2 Å². The van der Waals surface area contributed by atoms with Crippen LogP contribution in [0.15, 0.2) is 65.5 Å². The number of halogens is 1.